The molecule has 0 spiro atoms. The second-order valence-corrected chi connectivity index (χ2v) is 2.21. The van der Waals surface area contributed by atoms with Crippen LogP contribution in [0.3, 0.4) is 0 Å². The summed E-state index contributed by atoms with van der Waals surface area (Å²) in [4.78, 5) is 0. The van der Waals surface area contributed by atoms with Crippen molar-refractivity contribution >= 4 is 11.9 Å². The summed E-state index contributed by atoms with van der Waals surface area (Å²) in [6.45, 7) is 5.01. The Balaban J connectivity index is 2.72. The topological polar surface area (TPSA) is 18.5 Å². The molecular weight excluding hydrogens is 128 g/mol. The number of rotatable bonds is 4. The van der Waals surface area contributed by atoms with Gasteiger partial charge in [-0.15, -0.1) is 0 Å². The van der Waals surface area contributed by atoms with Crippen LogP contribution in [0.5, 0.6) is 0 Å². The van der Waals surface area contributed by atoms with Crippen LogP contribution in [-0.2, 0) is 9.03 Å². The fourth-order valence-corrected chi connectivity index (χ4v) is 0.378. The fraction of sp³-hybridized carbons (Fsp3) is 1.00. The van der Waals surface area contributed by atoms with Gasteiger partial charge in [0.25, 0.3) is 0 Å². The summed E-state index contributed by atoms with van der Waals surface area (Å²) in [6, 6.07) is 0. The predicted molar refractivity (Wildman–Crippen MR) is 32.6 cm³/mol. The van der Waals surface area contributed by atoms with E-state index in [1.165, 1.54) is 0 Å². The van der Waals surface area contributed by atoms with Crippen LogP contribution in [-0.4, -0.2) is 13.4 Å². The highest BCUT2D eigenvalue weighted by Crippen LogP contribution is 1.92. The zero-order valence-corrected chi connectivity index (χ0v) is 5.94. The minimum Gasteiger partial charge on any atom is -0.353 e. The predicted octanol–water partition coefficient (Wildman–Crippen LogP) is 1.79. The molecule has 0 atom stereocenters. The zero-order valence-electron chi connectivity index (χ0n) is 5.19. The highest BCUT2D eigenvalue weighted by molar-refractivity contribution is 6.07. The molecule has 0 heterocycles. The van der Waals surface area contributed by atoms with Crippen molar-refractivity contribution in [3.8, 4) is 0 Å². The van der Waals surface area contributed by atoms with Gasteiger partial charge in [0.05, 0.1) is 18.5 Å². The van der Waals surface area contributed by atoms with Crippen LogP contribution in [0.4, 0.5) is 0 Å². The van der Waals surface area contributed by atoms with Gasteiger partial charge in [0.2, 0.25) is 0 Å². The Hall–Kier alpha value is 0.210. The standard InChI is InChI=1S/C5H11ClO2/c1-5(2)3-7-4-8-6/h5H,3-4H2,1-2H3. The van der Waals surface area contributed by atoms with Crippen LogP contribution < -0.4 is 0 Å². The molecule has 0 aromatic heterocycles. The molecule has 0 fully saturated rings. The van der Waals surface area contributed by atoms with E-state index in [9.17, 15) is 0 Å². The number of hydrogen-bond donors (Lipinski definition) is 0. The van der Waals surface area contributed by atoms with Crippen molar-refractivity contribution in [1.29, 1.82) is 0 Å². The average Bonchev–Trinajstić information content (AvgIpc) is 1.66. The highest BCUT2D eigenvalue weighted by atomic mass is 35.5. The van der Waals surface area contributed by atoms with Gasteiger partial charge >= 0.3 is 0 Å². The van der Waals surface area contributed by atoms with E-state index in [2.05, 4.69) is 18.1 Å². The third-order valence-electron chi connectivity index (χ3n) is 0.579. The molecule has 0 bridgehead atoms. The van der Waals surface area contributed by atoms with Crippen LogP contribution in [0.2, 0.25) is 0 Å². The van der Waals surface area contributed by atoms with E-state index < -0.39 is 0 Å². The number of halogens is 1. The van der Waals surface area contributed by atoms with Crippen LogP contribution in [0.1, 0.15) is 13.8 Å². The van der Waals surface area contributed by atoms with Gasteiger partial charge in [-0.25, -0.2) is 0 Å². The Kier molecular flexibility index (Phi) is 5.49. The van der Waals surface area contributed by atoms with Crippen molar-refractivity contribution in [3.63, 3.8) is 0 Å². The van der Waals surface area contributed by atoms with Gasteiger partial charge in [0.1, 0.15) is 0 Å². The molecule has 0 rings (SSSR count). The smallest absolute Gasteiger partial charge is 0.166 e. The molecule has 3 heteroatoms. The Labute approximate surface area is 54.9 Å². The quantitative estimate of drug-likeness (QED) is 0.436. The third kappa shape index (κ3) is 6.21. The maximum atomic E-state index is 4.89. The first-order chi connectivity index (χ1) is 3.77. The van der Waals surface area contributed by atoms with Gasteiger partial charge in [-0.3, -0.25) is 4.29 Å². The average molecular weight is 139 g/mol. The molecule has 0 saturated heterocycles. The molecule has 0 aromatic rings. The van der Waals surface area contributed by atoms with Gasteiger partial charge in [-0.05, 0) is 5.92 Å². The van der Waals surface area contributed by atoms with Crippen LogP contribution in [0.25, 0.3) is 0 Å². The van der Waals surface area contributed by atoms with Gasteiger partial charge in [0.15, 0.2) is 6.79 Å². The molecule has 0 amide bonds. The zero-order chi connectivity index (χ0) is 6.41. The second-order valence-electron chi connectivity index (χ2n) is 1.99. The molecule has 0 aliphatic heterocycles. The van der Waals surface area contributed by atoms with Crippen molar-refractivity contribution in [2.24, 2.45) is 5.92 Å². The maximum Gasteiger partial charge on any atom is 0.166 e. The largest absolute Gasteiger partial charge is 0.353 e. The van der Waals surface area contributed by atoms with Crippen molar-refractivity contribution in [2.75, 3.05) is 13.4 Å². The van der Waals surface area contributed by atoms with E-state index >= 15 is 0 Å². The summed E-state index contributed by atoms with van der Waals surface area (Å²) in [5, 5.41) is 0. The molecule has 2 nitrogen and oxygen atoms in total. The third-order valence-corrected chi connectivity index (χ3v) is 0.668. The van der Waals surface area contributed by atoms with E-state index in [-0.39, 0.29) is 6.79 Å². The second kappa shape index (κ2) is 5.35. The Morgan fingerprint density at radius 1 is 1.50 bits per heavy atom. The van der Waals surface area contributed by atoms with E-state index in [0.29, 0.717) is 12.5 Å². The van der Waals surface area contributed by atoms with Crippen molar-refractivity contribution in [2.45, 2.75) is 13.8 Å². The first-order valence-corrected chi connectivity index (χ1v) is 2.89. The first-order valence-electron chi connectivity index (χ1n) is 2.58. The van der Waals surface area contributed by atoms with Crippen molar-refractivity contribution in [1.82, 2.24) is 0 Å². The normalized spacial score (nSPS) is 10.5. The van der Waals surface area contributed by atoms with Crippen LogP contribution in [0, 0.1) is 5.92 Å². The molecule has 0 aliphatic carbocycles. The lowest BCUT2D eigenvalue weighted by atomic mass is 10.2. The molecule has 0 radical (unpaired) electrons. The van der Waals surface area contributed by atoms with Gasteiger partial charge in [-0.1, -0.05) is 13.8 Å². The fourth-order valence-electron chi connectivity index (χ4n) is 0.315. The minimum absolute atomic E-state index is 0.180. The molecule has 0 aromatic carbocycles. The van der Waals surface area contributed by atoms with Crippen molar-refractivity contribution in [3.05, 3.63) is 0 Å². The monoisotopic (exact) mass is 138 g/mol. The summed E-state index contributed by atoms with van der Waals surface area (Å²) in [5.74, 6) is 0.543. The van der Waals surface area contributed by atoms with Crippen LogP contribution in [0.15, 0.2) is 0 Å². The van der Waals surface area contributed by atoms with Gasteiger partial charge in [0, 0.05) is 0 Å². The highest BCUT2D eigenvalue weighted by Gasteiger charge is 1.90. The lowest BCUT2D eigenvalue weighted by Gasteiger charge is -2.02. The Morgan fingerprint density at radius 2 is 2.12 bits per heavy atom. The molecule has 0 unspecified atom stereocenters. The molecular formula is C5H11ClO2. The summed E-state index contributed by atoms with van der Waals surface area (Å²) in [7, 11) is 0. The van der Waals surface area contributed by atoms with E-state index in [4.69, 9.17) is 16.6 Å². The van der Waals surface area contributed by atoms with Gasteiger partial charge in [-0.2, -0.15) is 0 Å². The SMILES string of the molecule is CC(C)COCOCl. The maximum absolute atomic E-state index is 4.89. The molecule has 0 aliphatic rings. The van der Waals surface area contributed by atoms with E-state index in [1.807, 2.05) is 0 Å². The Bertz CT molecular complexity index is 47.7. The van der Waals surface area contributed by atoms with E-state index in [1.54, 1.807) is 0 Å². The lowest BCUT2D eigenvalue weighted by molar-refractivity contribution is 0.00783. The first kappa shape index (κ1) is 8.21. The summed E-state index contributed by atoms with van der Waals surface area (Å²) >= 11 is 4.86. The molecule has 50 valence electrons. The van der Waals surface area contributed by atoms with Crippen molar-refractivity contribution < 1.29 is 9.03 Å². The molecule has 0 saturated carbocycles. The van der Waals surface area contributed by atoms with Gasteiger partial charge < -0.3 is 4.74 Å². The minimum atomic E-state index is 0.180. The van der Waals surface area contributed by atoms with E-state index in [0.717, 1.165) is 0 Å². The van der Waals surface area contributed by atoms with Crippen LogP contribution >= 0.6 is 11.9 Å². The Morgan fingerprint density at radius 3 is 2.50 bits per heavy atom. The number of hydrogen-bond acceptors (Lipinski definition) is 2. The molecule has 0 N–H and O–H groups in total. The number of ether oxygens (including phenoxy) is 1. The lowest BCUT2D eigenvalue weighted by Crippen LogP contribution is -2.02. The summed E-state index contributed by atoms with van der Waals surface area (Å²) in [5.41, 5.74) is 0. The summed E-state index contributed by atoms with van der Waals surface area (Å²) < 4.78 is 9.03. The molecule has 8 heavy (non-hydrogen) atoms. The summed E-state index contributed by atoms with van der Waals surface area (Å²) in [6.07, 6.45) is 0.